The second-order valence-electron chi connectivity index (χ2n) is 9.62. The number of methoxy groups -OCH3 is 1. The van der Waals surface area contributed by atoms with E-state index < -0.39 is 0 Å². The summed E-state index contributed by atoms with van der Waals surface area (Å²) in [5, 5.41) is 12.4. The average Bonchev–Trinajstić information content (AvgIpc) is 3.23. The molecule has 3 aromatic rings. The standard InChI is InChI=1S/C30H38N2O2/c1-21(2)24-15-16-27(34-4)26(19-24)29-25(17-18-33)20-32(31-3)30(29)28(22-11-7-5-8-12-22)23-13-9-6-10-14-23/h5-16,19,21,25,28-31,33H,17-18,20H2,1-4H3. The summed E-state index contributed by atoms with van der Waals surface area (Å²) in [7, 11) is 3.78. The van der Waals surface area contributed by atoms with Crippen molar-refractivity contribution in [3.8, 4) is 5.75 Å². The van der Waals surface area contributed by atoms with Gasteiger partial charge in [-0.15, -0.1) is 0 Å². The Morgan fingerprint density at radius 2 is 1.56 bits per heavy atom. The van der Waals surface area contributed by atoms with Crippen molar-refractivity contribution in [2.24, 2.45) is 5.92 Å². The third-order valence-electron chi connectivity index (χ3n) is 7.39. The van der Waals surface area contributed by atoms with Crippen molar-refractivity contribution in [2.75, 3.05) is 27.3 Å². The lowest BCUT2D eigenvalue weighted by molar-refractivity contribution is 0.165. The summed E-state index contributed by atoms with van der Waals surface area (Å²) in [6.07, 6.45) is 0.755. The lowest BCUT2D eigenvalue weighted by atomic mass is 9.73. The smallest absolute Gasteiger partial charge is 0.122 e. The highest BCUT2D eigenvalue weighted by Crippen LogP contribution is 2.49. The molecule has 180 valence electrons. The van der Waals surface area contributed by atoms with E-state index in [-0.39, 0.29) is 24.5 Å². The van der Waals surface area contributed by atoms with Crippen LogP contribution in [0.5, 0.6) is 5.75 Å². The van der Waals surface area contributed by atoms with Crippen molar-refractivity contribution in [3.05, 3.63) is 101 Å². The van der Waals surface area contributed by atoms with E-state index in [4.69, 9.17) is 4.74 Å². The second-order valence-corrected chi connectivity index (χ2v) is 9.62. The van der Waals surface area contributed by atoms with Crippen LogP contribution in [0.25, 0.3) is 0 Å². The zero-order valence-corrected chi connectivity index (χ0v) is 20.8. The summed E-state index contributed by atoms with van der Waals surface area (Å²) >= 11 is 0. The maximum absolute atomic E-state index is 10.0. The fourth-order valence-corrected chi connectivity index (χ4v) is 5.74. The molecule has 34 heavy (non-hydrogen) atoms. The van der Waals surface area contributed by atoms with Gasteiger partial charge in [0, 0.05) is 31.0 Å². The topological polar surface area (TPSA) is 44.7 Å². The SMILES string of the molecule is CNN1CC(CCO)C(c2cc(C(C)C)ccc2OC)C1C(c1ccccc1)c1ccccc1. The first-order valence-electron chi connectivity index (χ1n) is 12.4. The van der Waals surface area contributed by atoms with Crippen LogP contribution in [0.3, 0.4) is 0 Å². The normalized spacial score (nSPS) is 20.9. The zero-order chi connectivity index (χ0) is 24.1. The molecule has 1 saturated heterocycles. The summed E-state index contributed by atoms with van der Waals surface area (Å²) in [6, 6.07) is 28.4. The largest absolute Gasteiger partial charge is 0.496 e. The van der Waals surface area contributed by atoms with E-state index in [0.717, 1.165) is 18.7 Å². The molecule has 4 heteroatoms. The van der Waals surface area contributed by atoms with Crippen molar-refractivity contribution in [2.45, 2.75) is 44.1 Å². The first-order valence-corrected chi connectivity index (χ1v) is 12.4. The Morgan fingerprint density at radius 3 is 2.06 bits per heavy atom. The number of rotatable bonds is 9. The fourth-order valence-electron chi connectivity index (χ4n) is 5.74. The van der Waals surface area contributed by atoms with E-state index in [9.17, 15) is 5.11 Å². The summed E-state index contributed by atoms with van der Waals surface area (Å²) in [5.41, 5.74) is 8.66. The fraction of sp³-hybridized carbons (Fsp3) is 0.400. The molecule has 3 atom stereocenters. The van der Waals surface area contributed by atoms with Crippen LogP contribution in [-0.4, -0.2) is 43.5 Å². The van der Waals surface area contributed by atoms with Crippen molar-refractivity contribution >= 4 is 0 Å². The first-order chi connectivity index (χ1) is 16.6. The molecular weight excluding hydrogens is 420 g/mol. The number of hydrogen-bond donors (Lipinski definition) is 2. The van der Waals surface area contributed by atoms with Gasteiger partial charge >= 0.3 is 0 Å². The van der Waals surface area contributed by atoms with Crippen LogP contribution in [0.15, 0.2) is 78.9 Å². The molecule has 1 aliphatic heterocycles. The molecular formula is C30H38N2O2. The average molecular weight is 459 g/mol. The number of ether oxygens (including phenoxy) is 1. The van der Waals surface area contributed by atoms with Crippen LogP contribution >= 0.6 is 0 Å². The Morgan fingerprint density at radius 1 is 0.941 bits per heavy atom. The molecule has 0 aliphatic carbocycles. The van der Waals surface area contributed by atoms with Crippen molar-refractivity contribution in [1.82, 2.24) is 10.4 Å². The van der Waals surface area contributed by atoms with Gasteiger partial charge in [-0.2, -0.15) is 0 Å². The van der Waals surface area contributed by atoms with E-state index in [2.05, 4.69) is 103 Å². The van der Waals surface area contributed by atoms with E-state index in [1.807, 2.05) is 7.05 Å². The van der Waals surface area contributed by atoms with Gasteiger partial charge in [0.2, 0.25) is 0 Å². The van der Waals surface area contributed by atoms with Crippen LogP contribution in [0.1, 0.15) is 60.3 Å². The highest BCUT2D eigenvalue weighted by Gasteiger charge is 2.47. The predicted molar refractivity (Wildman–Crippen MR) is 139 cm³/mol. The quantitative estimate of drug-likeness (QED) is 0.441. The monoisotopic (exact) mass is 458 g/mol. The highest BCUT2D eigenvalue weighted by molar-refractivity contribution is 5.45. The molecule has 3 aromatic carbocycles. The molecule has 4 nitrogen and oxygen atoms in total. The minimum atomic E-state index is 0.155. The van der Waals surface area contributed by atoms with E-state index >= 15 is 0 Å². The van der Waals surface area contributed by atoms with Gasteiger partial charge in [0.05, 0.1) is 7.11 Å². The van der Waals surface area contributed by atoms with Crippen LogP contribution in [0.4, 0.5) is 0 Å². The third-order valence-corrected chi connectivity index (χ3v) is 7.39. The first kappa shape index (κ1) is 24.5. The number of nitrogens with zero attached hydrogens (tertiary/aromatic N) is 1. The van der Waals surface area contributed by atoms with Gasteiger partial charge < -0.3 is 9.84 Å². The van der Waals surface area contributed by atoms with Gasteiger partial charge in [-0.05, 0) is 53.6 Å². The minimum Gasteiger partial charge on any atom is -0.496 e. The molecule has 0 spiro atoms. The van der Waals surface area contributed by atoms with Crippen molar-refractivity contribution in [3.63, 3.8) is 0 Å². The van der Waals surface area contributed by atoms with Gasteiger partial charge in [0.25, 0.3) is 0 Å². The van der Waals surface area contributed by atoms with E-state index in [1.165, 1.54) is 22.3 Å². The number of hydrogen-bond acceptors (Lipinski definition) is 4. The van der Waals surface area contributed by atoms with Gasteiger partial charge in [-0.1, -0.05) is 86.6 Å². The Balaban J connectivity index is 1.93. The maximum Gasteiger partial charge on any atom is 0.122 e. The molecule has 0 saturated carbocycles. The van der Waals surface area contributed by atoms with Gasteiger partial charge in [-0.3, -0.25) is 5.43 Å². The molecule has 4 rings (SSSR count). The minimum absolute atomic E-state index is 0.155. The van der Waals surface area contributed by atoms with Gasteiger partial charge in [0.15, 0.2) is 0 Å². The van der Waals surface area contributed by atoms with Crippen LogP contribution < -0.4 is 10.2 Å². The Kier molecular flexibility index (Phi) is 8.04. The number of aliphatic hydroxyl groups excluding tert-OH is 1. The molecule has 0 aromatic heterocycles. The van der Waals surface area contributed by atoms with Crippen molar-refractivity contribution in [1.29, 1.82) is 0 Å². The Bertz CT molecular complexity index is 999. The molecule has 0 amide bonds. The lowest BCUT2D eigenvalue weighted by Gasteiger charge is -2.36. The maximum atomic E-state index is 10.0. The van der Waals surface area contributed by atoms with Gasteiger partial charge in [0.1, 0.15) is 5.75 Å². The zero-order valence-electron chi connectivity index (χ0n) is 20.8. The summed E-state index contributed by atoms with van der Waals surface area (Å²) in [6.45, 7) is 5.52. The third kappa shape index (κ3) is 4.90. The van der Waals surface area contributed by atoms with Gasteiger partial charge in [-0.25, -0.2) is 5.01 Å². The number of hydrazine groups is 1. The summed E-state index contributed by atoms with van der Waals surface area (Å²) in [4.78, 5) is 0. The molecule has 0 radical (unpaired) electrons. The summed E-state index contributed by atoms with van der Waals surface area (Å²) < 4.78 is 5.93. The number of aliphatic hydroxyl groups is 1. The lowest BCUT2D eigenvalue weighted by Crippen LogP contribution is -2.44. The Hall–Kier alpha value is -2.66. The predicted octanol–water partition coefficient (Wildman–Crippen LogP) is 5.55. The van der Waals surface area contributed by atoms with Crippen LogP contribution in [0.2, 0.25) is 0 Å². The van der Waals surface area contributed by atoms with E-state index in [0.29, 0.717) is 11.8 Å². The second kappa shape index (κ2) is 11.2. The highest BCUT2D eigenvalue weighted by atomic mass is 16.5. The molecule has 1 aliphatic rings. The molecule has 2 N–H and O–H groups in total. The van der Waals surface area contributed by atoms with E-state index in [1.54, 1.807) is 7.11 Å². The summed E-state index contributed by atoms with van der Waals surface area (Å²) in [5.74, 6) is 2.02. The number of benzene rings is 3. The Labute approximate surface area is 204 Å². The van der Waals surface area contributed by atoms with Crippen LogP contribution in [0, 0.1) is 5.92 Å². The molecule has 3 unspecified atom stereocenters. The number of nitrogens with one attached hydrogen (secondary N) is 1. The van der Waals surface area contributed by atoms with Crippen LogP contribution in [-0.2, 0) is 0 Å². The molecule has 1 fully saturated rings. The molecule has 1 heterocycles. The molecule has 0 bridgehead atoms. The van der Waals surface area contributed by atoms with Crippen molar-refractivity contribution < 1.29 is 9.84 Å².